The van der Waals surface area contributed by atoms with Crippen molar-refractivity contribution >= 4 is 28.4 Å². The summed E-state index contributed by atoms with van der Waals surface area (Å²) in [5.74, 6) is 0.179. The summed E-state index contributed by atoms with van der Waals surface area (Å²) in [5, 5.41) is 8.42. The fraction of sp³-hybridized carbons (Fsp3) is 0.462. The van der Waals surface area contributed by atoms with Gasteiger partial charge in [0.25, 0.3) is 5.91 Å². The molecule has 0 saturated carbocycles. The van der Waals surface area contributed by atoms with Crippen LogP contribution in [0.4, 0.5) is 5.82 Å². The van der Waals surface area contributed by atoms with E-state index in [9.17, 15) is 4.79 Å². The molecule has 0 aliphatic carbocycles. The maximum Gasteiger partial charge on any atom is 0.254 e. The molecule has 5 heterocycles. The number of primary amides is 1. The third-order valence-corrected chi connectivity index (χ3v) is 6.51. The van der Waals surface area contributed by atoms with E-state index in [1.165, 1.54) is 51.4 Å². The minimum Gasteiger partial charge on any atom is -0.373 e. The molecule has 0 bridgehead atoms. The highest BCUT2D eigenvalue weighted by Crippen LogP contribution is 2.31. The molecule has 1 aliphatic heterocycles. The molecule has 4 aromatic heterocycles. The maximum absolute atomic E-state index is 11.9. The second-order valence-electron chi connectivity index (χ2n) is 8.95. The molecule has 35 heavy (non-hydrogen) atoms. The predicted molar refractivity (Wildman–Crippen MR) is 141 cm³/mol. The van der Waals surface area contributed by atoms with Crippen LogP contribution in [-0.2, 0) is 6.54 Å². The van der Waals surface area contributed by atoms with E-state index in [0.29, 0.717) is 11.2 Å². The molecule has 5 rings (SSSR count). The summed E-state index contributed by atoms with van der Waals surface area (Å²) in [6.07, 6.45) is 11.9. The quantitative estimate of drug-likeness (QED) is 0.414. The van der Waals surface area contributed by atoms with E-state index in [0.717, 1.165) is 41.2 Å². The van der Waals surface area contributed by atoms with Crippen molar-refractivity contribution in [2.75, 3.05) is 32.0 Å². The van der Waals surface area contributed by atoms with Crippen LogP contribution in [0.25, 0.3) is 27.9 Å². The lowest BCUT2D eigenvalue weighted by molar-refractivity contribution is 0.100. The van der Waals surface area contributed by atoms with Crippen molar-refractivity contribution in [2.24, 2.45) is 5.73 Å². The Balaban J connectivity index is 0.000000672. The smallest absolute Gasteiger partial charge is 0.254 e. The van der Waals surface area contributed by atoms with E-state index in [-0.39, 0.29) is 0 Å². The summed E-state index contributed by atoms with van der Waals surface area (Å²) in [6, 6.07) is 5.93. The number of pyridine rings is 1. The lowest BCUT2D eigenvalue weighted by Crippen LogP contribution is -2.32. The van der Waals surface area contributed by atoms with Crippen LogP contribution < -0.4 is 11.1 Å². The Morgan fingerprint density at radius 1 is 1.11 bits per heavy atom. The molecule has 0 unspecified atom stereocenters. The Kier molecular flexibility index (Phi) is 7.97. The zero-order valence-corrected chi connectivity index (χ0v) is 21.0. The largest absolute Gasteiger partial charge is 0.373 e. The summed E-state index contributed by atoms with van der Waals surface area (Å²) < 4.78 is 3.80. The van der Waals surface area contributed by atoms with Crippen molar-refractivity contribution in [3.8, 4) is 11.3 Å². The van der Waals surface area contributed by atoms with E-state index in [1.54, 1.807) is 4.52 Å². The van der Waals surface area contributed by atoms with Crippen molar-refractivity contribution in [3.63, 3.8) is 0 Å². The minimum atomic E-state index is -0.549. The number of piperidine rings is 1. The summed E-state index contributed by atoms with van der Waals surface area (Å²) in [5.41, 5.74) is 8.92. The van der Waals surface area contributed by atoms with E-state index in [4.69, 9.17) is 10.7 Å². The molecule has 9 heteroatoms. The Bertz CT molecular complexity index is 1280. The first-order chi connectivity index (χ1) is 17.1. The second-order valence-corrected chi connectivity index (χ2v) is 8.95. The van der Waals surface area contributed by atoms with Gasteiger partial charge in [-0.15, -0.1) is 0 Å². The topological polar surface area (TPSA) is 106 Å². The van der Waals surface area contributed by atoms with Crippen molar-refractivity contribution in [1.82, 2.24) is 29.0 Å². The van der Waals surface area contributed by atoms with Crippen LogP contribution in [0.1, 0.15) is 56.3 Å². The van der Waals surface area contributed by atoms with Gasteiger partial charge in [-0.3, -0.25) is 4.79 Å². The molecule has 0 radical (unpaired) electrons. The third kappa shape index (κ3) is 5.30. The second kappa shape index (κ2) is 11.3. The Morgan fingerprint density at radius 2 is 1.89 bits per heavy atom. The molecule has 1 aliphatic rings. The monoisotopic (exact) mass is 476 g/mol. The molecule has 4 aromatic rings. The molecule has 1 amide bonds. The number of nitrogens with zero attached hydrogens (tertiary/aromatic N) is 6. The molecule has 1 fully saturated rings. The Labute approximate surface area is 206 Å². The van der Waals surface area contributed by atoms with Gasteiger partial charge in [-0.05, 0) is 38.1 Å². The molecule has 186 valence electrons. The first-order valence-corrected chi connectivity index (χ1v) is 12.6. The van der Waals surface area contributed by atoms with E-state index in [2.05, 4.69) is 51.0 Å². The number of nitrogens with one attached hydrogen (secondary N) is 1. The van der Waals surface area contributed by atoms with Crippen molar-refractivity contribution in [2.45, 2.75) is 52.5 Å². The molecule has 1 saturated heterocycles. The average Bonchev–Trinajstić information content (AvgIpc) is 3.49. The minimum absolute atomic E-state index is 0.297. The highest BCUT2D eigenvalue weighted by atomic mass is 16.1. The lowest BCUT2D eigenvalue weighted by atomic mass is 10.1. The fourth-order valence-corrected chi connectivity index (χ4v) is 4.38. The fourth-order valence-electron chi connectivity index (χ4n) is 4.38. The number of likely N-dealkylation sites (tertiary alicyclic amines) is 1. The summed E-state index contributed by atoms with van der Waals surface area (Å²) in [4.78, 5) is 23.8. The Morgan fingerprint density at radius 3 is 2.57 bits per heavy atom. The van der Waals surface area contributed by atoms with Crippen molar-refractivity contribution in [1.29, 1.82) is 0 Å². The normalized spacial score (nSPS) is 14.1. The van der Waals surface area contributed by atoms with E-state index in [1.807, 2.05) is 25.4 Å². The number of fused-ring (bicyclic) bond motifs is 2. The Hall–Kier alpha value is -3.46. The zero-order valence-electron chi connectivity index (χ0n) is 21.0. The van der Waals surface area contributed by atoms with Gasteiger partial charge in [-0.2, -0.15) is 9.61 Å². The number of carbonyl (C=O) groups excluding carboxylic acids is 1. The number of anilines is 1. The van der Waals surface area contributed by atoms with Gasteiger partial charge in [0.15, 0.2) is 5.65 Å². The van der Waals surface area contributed by atoms with Gasteiger partial charge in [0.05, 0.1) is 11.9 Å². The summed E-state index contributed by atoms with van der Waals surface area (Å²) >= 11 is 0. The van der Waals surface area contributed by atoms with E-state index < -0.39 is 5.91 Å². The first-order valence-electron chi connectivity index (χ1n) is 12.6. The number of nitrogens with two attached hydrogens (primary N) is 1. The molecule has 0 spiro atoms. The van der Waals surface area contributed by atoms with Crippen molar-refractivity contribution in [3.05, 3.63) is 42.4 Å². The van der Waals surface area contributed by atoms with Gasteiger partial charge in [0.2, 0.25) is 0 Å². The van der Waals surface area contributed by atoms with Gasteiger partial charge in [-0.25, -0.2) is 9.97 Å². The van der Waals surface area contributed by atoms with Gasteiger partial charge in [-0.1, -0.05) is 33.1 Å². The number of hydrogen-bond acceptors (Lipinski definition) is 6. The first kappa shape index (κ1) is 24.7. The number of aromatic nitrogens is 5. The maximum atomic E-state index is 11.9. The number of amides is 1. The highest BCUT2D eigenvalue weighted by molar-refractivity contribution is 5.99. The third-order valence-electron chi connectivity index (χ3n) is 6.51. The summed E-state index contributed by atoms with van der Waals surface area (Å²) in [6.45, 7) is 8.57. The molecule has 3 N–H and O–H groups in total. The molecule has 9 nitrogen and oxygen atoms in total. The standard InChI is InChI=1S/C22H26N8O.C4H10/c1-24-19-12-18(27-22-16(20(23)31)13-26-30(19)22)17-14-29(21-15(17)6-5-7-25-21)11-10-28-8-3-2-4-9-28;1-3-4-2/h5-7,12-14,24H,2-4,8-11H2,1H3,(H2,23,31);3-4H2,1-2H3. The zero-order chi connectivity index (χ0) is 24.8. The summed E-state index contributed by atoms with van der Waals surface area (Å²) in [7, 11) is 1.81. The lowest BCUT2D eigenvalue weighted by Gasteiger charge is -2.26. The molecule has 0 atom stereocenters. The van der Waals surface area contributed by atoms with Crippen LogP contribution >= 0.6 is 0 Å². The number of unbranched alkanes of at least 4 members (excludes halogenated alkanes) is 1. The molecule has 0 aromatic carbocycles. The van der Waals surface area contributed by atoms with Gasteiger partial charge in [0, 0.05) is 49.5 Å². The predicted octanol–water partition coefficient (Wildman–Crippen LogP) is 4.18. The van der Waals surface area contributed by atoms with Crippen LogP contribution in [0.3, 0.4) is 0 Å². The van der Waals surface area contributed by atoms with Crippen LogP contribution in [0, 0.1) is 0 Å². The van der Waals surface area contributed by atoms with Crippen LogP contribution in [-0.4, -0.2) is 61.6 Å². The number of hydrogen-bond donors (Lipinski definition) is 2. The molecular weight excluding hydrogens is 440 g/mol. The number of carbonyl (C=O) groups is 1. The number of rotatable bonds is 7. The SMILES string of the molecule is CCCC.CNc1cc(-c2cn(CCN3CCCCC3)c3ncccc23)nc2c(C(N)=O)cnn12. The van der Waals surface area contributed by atoms with Gasteiger partial charge < -0.3 is 20.5 Å². The molecular formula is C26H36N8O. The highest BCUT2D eigenvalue weighted by Gasteiger charge is 2.19. The van der Waals surface area contributed by atoms with Crippen LogP contribution in [0.15, 0.2) is 36.8 Å². The van der Waals surface area contributed by atoms with Crippen molar-refractivity contribution < 1.29 is 4.79 Å². The van der Waals surface area contributed by atoms with Gasteiger partial charge >= 0.3 is 0 Å². The average molecular weight is 477 g/mol. The van der Waals surface area contributed by atoms with Gasteiger partial charge in [0.1, 0.15) is 17.0 Å². The van der Waals surface area contributed by atoms with E-state index >= 15 is 0 Å². The van der Waals surface area contributed by atoms with Crippen LogP contribution in [0.2, 0.25) is 0 Å². The van der Waals surface area contributed by atoms with Crippen LogP contribution in [0.5, 0.6) is 0 Å².